The molecule has 1 aromatic carbocycles. The molecule has 1 heterocycles. The van der Waals surface area contributed by atoms with E-state index in [1.165, 1.54) is 13.2 Å². The van der Waals surface area contributed by atoms with Gasteiger partial charge >= 0.3 is 6.18 Å². The summed E-state index contributed by atoms with van der Waals surface area (Å²) in [5, 5.41) is 13.6. The first-order valence-corrected chi connectivity index (χ1v) is 6.52. The lowest BCUT2D eigenvalue weighted by molar-refractivity contribution is -0.138. The van der Waals surface area contributed by atoms with E-state index in [0.29, 0.717) is 31.5 Å². The van der Waals surface area contributed by atoms with Crippen LogP contribution in [0.2, 0.25) is 0 Å². The molecule has 20 heavy (non-hydrogen) atoms. The Morgan fingerprint density at radius 3 is 2.50 bits per heavy atom. The van der Waals surface area contributed by atoms with Crippen LogP contribution in [0.5, 0.6) is 5.75 Å². The van der Waals surface area contributed by atoms with Crippen molar-refractivity contribution in [2.24, 2.45) is 0 Å². The molecule has 112 valence electrons. The molecule has 1 aliphatic heterocycles. The fourth-order valence-electron chi connectivity index (χ4n) is 2.61. The van der Waals surface area contributed by atoms with Gasteiger partial charge in [-0.3, -0.25) is 0 Å². The summed E-state index contributed by atoms with van der Waals surface area (Å²) in [4.78, 5) is 0. The predicted molar refractivity (Wildman–Crippen MR) is 68.8 cm³/mol. The van der Waals surface area contributed by atoms with E-state index in [4.69, 9.17) is 4.74 Å². The van der Waals surface area contributed by atoms with E-state index in [2.05, 4.69) is 5.32 Å². The third kappa shape index (κ3) is 3.24. The van der Waals surface area contributed by atoms with Crippen LogP contribution < -0.4 is 10.1 Å². The topological polar surface area (TPSA) is 41.5 Å². The van der Waals surface area contributed by atoms with Gasteiger partial charge in [-0.05, 0) is 37.6 Å². The van der Waals surface area contributed by atoms with Gasteiger partial charge in [-0.15, -0.1) is 0 Å². The molecule has 0 bridgehead atoms. The number of alkyl halides is 3. The molecule has 0 aliphatic carbocycles. The van der Waals surface area contributed by atoms with Gasteiger partial charge in [0.2, 0.25) is 0 Å². The average molecular weight is 289 g/mol. The van der Waals surface area contributed by atoms with Gasteiger partial charge in [0.15, 0.2) is 0 Å². The van der Waals surface area contributed by atoms with Crippen molar-refractivity contribution in [3.05, 3.63) is 29.3 Å². The van der Waals surface area contributed by atoms with Crippen molar-refractivity contribution in [1.29, 1.82) is 0 Å². The number of hydrogen-bond acceptors (Lipinski definition) is 3. The number of rotatable bonds is 3. The third-order valence-electron chi connectivity index (χ3n) is 3.66. The Morgan fingerprint density at radius 2 is 1.95 bits per heavy atom. The van der Waals surface area contributed by atoms with Gasteiger partial charge in [0.25, 0.3) is 0 Å². The molecule has 1 fully saturated rings. The predicted octanol–water partition coefficient (Wildman–Crippen LogP) is 2.37. The molecule has 0 saturated carbocycles. The van der Waals surface area contributed by atoms with Crippen LogP contribution in [0.15, 0.2) is 18.2 Å². The standard InChI is InChI=1S/C14H18F3NO2/c1-20-12-10(3-2-4-11(12)14(15,16)17)9-13(19)5-7-18-8-6-13/h2-4,18-19H,5-9H2,1H3. The largest absolute Gasteiger partial charge is 0.496 e. The summed E-state index contributed by atoms with van der Waals surface area (Å²) in [6, 6.07) is 3.92. The summed E-state index contributed by atoms with van der Waals surface area (Å²) in [5.74, 6) is -0.188. The number of ether oxygens (including phenoxy) is 1. The van der Waals surface area contributed by atoms with E-state index in [1.54, 1.807) is 6.07 Å². The molecule has 1 aliphatic rings. The van der Waals surface area contributed by atoms with Crippen molar-refractivity contribution in [2.75, 3.05) is 20.2 Å². The molecule has 0 radical (unpaired) electrons. The summed E-state index contributed by atoms with van der Waals surface area (Å²) >= 11 is 0. The second-order valence-electron chi connectivity index (χ2n) is 5.15. The molecule has 0 atom stereocenters. The first-order valence-electron chi connectivity index (χ1n) is 6.52. The quantitative estimate of drug-likeness (QED) is 0.897. The normalized spacial score (nSPS) is 18.9. The molecule has 2 N–H and O–H groups in total. The molecule has 3 nitrogen and oxygen atoms in total. The zero-order valence-corrected chi connectivity index (χ0v) is 11.3. The summed E-state index contributed by atoms with van der Waals surface area (Å²) in [6.45, 7) is 1.33. The van der Waals surface area contributed by atoms with Crippen LogP contribution in [0.1, 0.15) is 24.0 Å². The van der Waals surface area contributed by atoms with Crippen molar-refractivity contribution < 1.29 is 23.0 Å². The average Bonchev–Trinajstić information content (AvgIpc) is 2.37. The minimum Gasteiger partial charge on any atom is -0.496 e. The van der Waals surface area contributed by atoms with Gasteiger partial charge in [0.05, 0.1) is 18.3 Å². The Morgan fingerprint density at radius 1 is 1.30 bits per heavy atom. The second kappa shape index (κ2) is 5.61. The fourth-order valence-corrected chi connectivity index (χ4v) is 2.61. The lowest BCUT2D eigenvalue weighted by Gasteiger charge is -2.33. The molecule has 1 saturated heterocycles. The van der Waals surface area contributed by atoms with Gasteiger partial charge in [0, 0.05) is 6.42 Å². The van der Waals surface area contributed by atoms with E-state index in [9.17, 15) is 18.3 Å². The van der Waals surface area contributed by atoms with E-state index in [-0.39, 0.29) is 12.2 Å². The minimum atomic E-state index is -4.46. The molecule has 0 amide bonds. The number of aliphatic hydroxyl groups is 1. The summed E-state index contributed by atoms with van der Waals surface area (Å²) in [7, 11) is 1.22. The van der Waals surface area contributed by atoms with Crippen LogP contribution in [0.4, 0.5) is 13.2 Å². The van der Waals surface area contributed by atoms with Crippen molar-refractivity contribution in [2.45, 2.75) is 31.0 Å². The number of para-hydroxylation sites is 1. The molecule has 2 rings (SSSR count). The maximum absolute atomic E-state index is 12.9. The van der Waals surface area contributed by atoms with E-state index >= 15 is 0 Å². The number of benzene rings is 1. The van der Waals surface area contributed by atoms with Crippen molar-refractivity contribution in [3.63, 3.8) is 0 Å². The third-order valence-corrected chi connectivity index (χ3v) is 3.66. The van der Waals surface area contributed by atoms with E-state index < -0.39 is 17.3 Å². The van der Waals surface area contributed by atoms with Crippen molar-refractivity contribution in [1.82, 2.24) is 5.32 Å². The van der Waals surface area contributed by atoms with Gasteiger partial charge in [-0.25, -0.2) is 0 Å². The fraction of sp³-hybridized carbons (Fsp3) is 0.571. The minimum absolute atomic E-state index is 0.168. The van der Waals surface area contributed by atoms with Gasteiger partial charge in [-0.2, -0.15) is 13.2 Å². The smallest absolute Gasteiger partial charge is 0.419 e. The van der Waals surface area contributed by atoms with E-state index in [0.717, 1.165) is 6.07 Å². The van der Waals surface area contributed by atoms with Crippen molar-refractivity contribution in [3.8, 4) is 5.75 Å². The highest BCUT2D eigenvalue weighted by Gasteiger charge is 2.37. The SMILES string of the molecule is COc1c(CC2(O)CCNCC2)cccc1C(F)(F)F. The lowest BCUT2D eigenvalue weighted by Crippen LogP contribution is -2.43. The molecule has 0 aromatic heterocycles. The number of halogens is 3. The van der Waals surface area contributed by atoms with Crippen LogP contribution >= 0.6 is 0 Å². The summed E-state index contributed by atoms with van der Waals surface area (Å²) in [6.07, 6.45) is -3.25. The van der Waals surface area contributed by atoms with Gasteiger partial charge < -0.3 is 15.2 Å². The number of hydrogen-bond donors (Lipinski definition) is 2. The monoisotopic (exact) mass is 289 g/mol. The summed E-state index contributed by atoms with van der Waals surface area (Å²) < 4.78 is 43.8. The van der Waals surface area contributed by atoms with E-state index in [1.807, 2.05) is 0 Å². The van der Waals surface area contributed by atoms with Gasteiger partial charge in [-0.1, -0.05) is 12.1 Å². The van der Waals surface area contributed by atoms with Crippen LogP contribution in [-0.4, -0.2) is 30.9 Å². The highest BCUT2D eigenvalue weighted by Crippen LogP contribution is 2.39. The molecule has 1 aromatic rings. The first kappa shape index (κ1) is 15.1. The molecule has 0 unspecified atom stereocenters. The first-order chi connectivity index (χ1) is 9.36. The molecule has 6 heteroatoms. The molecule has 0 spiro atoms. The Bertz CT molecular complexity index is 468. The number of methoxy groups -OCH3 is 1. The zero-order chi connectivity index (χ0) is 14.8. The maximum atomic E-state index is 12.9. The molecular formula is C14H18F3NO2. The number of nitrogens with one attached hydrogen (secondary N) is 1. The Balaban J connectivity index is 2.32. The second-order valence-corrected chi connectivity index (χ2v) is 5.15. The number of piperidine rings is 1. The lowest BCUT2D eigenvalue weighted by atomic mass is 9.85. The van der Waals surface area contributed by atoms with Crippen LogP contribution in [0, 0.1) is 0 Å². The van der Waals surface area contributed by atoms with Crippen LogP contribution in [0.3, 0.4) is 0 Å². The Hall–Kier alpha value is -1.27. The van der Waals surface area contributed by atoms with Crippen molar-refractivity contribution >= 4 is 0 Å². The van der Waals surface area contributed by atoms with Crippen LogP contribution in [-0.2, 0) is 12.6 Å². The highest BCUT2D eigenvalue weighted by molar-refractivity contribution is 5.44. The molecular weight excluding hydrogens is 271 g/mol. The Kier molecular flexibility index (Phi) is 4.25. The summed E-state index contributed by atoms with van der Waals surface area (Å²) in [5.41, 5.74) is -1.37. The maximum Gasteiger partial charge on any atom is 0.419 e. The van der Waals surface area contributed by atoms with Gasteiger partial charge in [0.1, 0.15) is 5.75 Å². The van der Waals surface area contributed by atoms with Crippen LogP contribution in [0.25, 0.3) is 0 Å². The Labute approximate surface area is 115 Å². The zero-order valence-electron chi connectivity index (χ0n) is 11.3. The highest BCUT2D eigenvalue weighted by atomic mass is 19.4.